The molecule has 0 spiro atoms. The molecular weight excluding hydrogens is 360 g/mol. The number of fused-ring (bicyclic) bond motifs is 1. The van der Waals surface area contributed by atoms with Gasteiger partial charge in [-0.15, -0.1) is 6.58 Å². The van der Waals surface area contributed by atoms with E-state index in [2.05, 4.69) is 16.5 Å². The van der Waals surface area contributed by atoms with Crippen LogP contribution in [0.2, 0.25) is 0 Å². The molecule has 3 rings (SSSR count). The molecule has 0 fully saturated rings. The van der Waals surface area contributed by atoms with Crippen molar-refractivity contribution in [1.29, 1.82) is 0 Å². The average molecular weight is 378 g/mol. The molecule has 9 nitrogen and oxygen atoms in total. The van der Waals surface area contributed by atoms with Crippen molar-refractivity contribution in [1.82, 2.24) is 19.1 Å². The van der Waals surface area contributed by atoms with Gasteiger partial charge in [0.05, 0.1) is 5.54 Å². The molecule has 1 unspecified atom stereocenters. The van der Waals surface area contributed by atoms with E-state index in [1.807, 2.05) is 13.0 Å². The monoisotopic (exact) mass is 378 g/mol. The van der Waals surface area contributed by atoms with E-state index in [1.165, 1.54) is 7.05 Å². The van der Waals surface area contributed by atoms with Gasteiger partial charge in [-0.1, -0.05) is 29.9 Å². The summed E-state index contributed by atoms with van der Waals surface area (Å²) in [6.07, 6.45) is 7.78. The summed E-state index contributed by atoms with van der Waals surface area (Å²) in [5.41, 5.74) is -1.72. The van der Waals surface area contributed by atoms with E-state index >= 15 is 0 Å². The lowest BCUT2D eigenvalue weighted by atomic mass is 9.84. The lowest BCUT2D eigenvalue weighted by Gasteiger charge is -2.33. The largest absolute Gasteiger partial charge is 0.330 e. The molecule has 10 heteroatoms. The van der Waals surface area contributed by atoms with Gasteiger partial charge >= 0.3 is 15.8 Å². The Bertz CT molecular complexity index is 1200. The first kappa shape index (κ1) is 18.1. The maximum atomic E-state index is 13.1. The lowest BCUT2D eigenvalue weighted by Crippen LogP contribution is -2.49. The van der Waals surface area contributed by atoms with Crippen molar-refractivity contribution < 1.29 is 13.0 Å². The quantitative estimate of drug-likeness (QED) is 0.600. The highest BCUT2D eigenvalue weighted by atomic mass is 32.2. The van der Waals surface area contributed by atoms with Crippen molar-refractivity contribution in [3.05, 3.63) is 57.3 Å². The maximum Gasteiger partial charge on any atom is 0.330 e. The van der Waals surface area contributed by atoms with Gasteiger partial charge < -0.3 is 4.57 Å². The third-order valence-electron chi connectivity index (χ3n) is 4.43. The highest BCUT2D eigenvalue weighted by Gasteiger charge is 2.34. The molecule has 1 atom stereocenters. The number of nitrogens with one attached hydrogen (secondary N) is 1. The number of aromatic nitrogens is 4. The number of H-pyrrole nitrogens is 1. The zero-order valence-electron chi connectivity index (χ0n) is 14.3. The second-order valence-electron chi connectivity index (χ2n) is 6.34. The molecule has 2 aromatic rings. The SMILES string of the molecule is C=CCC1(n2c(=O)[nH]c3nc(S(=O)(=O)O)n(C)c3c2=O)C=CC=C(C)C1. The van der Waals surface area contributed by atoms with E-state index in [0.29, 0.717) is 12.8 Å². The van der Waals surface area contributed by atoms with Crippen LogP contribution in [-0.4, -0.2) is 32.1 Å². The molecule has 138 valence electrons. The molecule has 2 heterocycles. The van der Waals surface area contributed by atoms with Crippen LogP contribution in [0, 0.1) is 0 Å². The van der Waals surface area contributed by atoms with Crippen LogP contribution >= 0.6 is 0 Å². The topological polar surface area (TPSA) is 127 Å². The highest BCUT2D eigenvalue weighted by Crippen LogP contribution is 2.32. The average Bonchev–Trinajstić information content (AvgIpc) is 2.84. The van der Waals surface area contributed by atoms with Gasteiger partial charge in [-0.05, 0) is 19.8 Å². The van der Waals surface area contributed by atoms with Crippen molar-refractivity contribution in [2.24, 2.45) is 7.05 Å². The second-order valence-corrected chi connectivity index (χ2v) is 7.66. The summed E-state index contributed by atoms with van der Waals surface area (Å²) >= 11 is 0. The fourth-order valence-electron chi connectivity index (χ4n) is 3.43. The Kier molecular flexibility index (Phi) is 4.12. The summed E-state index contributed by atoms with van der Waals surface area (Å²) < 4.78 is 34.2. The standard InChI is InChI=1S/C16H18N4O5S/c1-4-7-16(8-5-6-10(2)9-16)20-13(21)11-12(17-14(20)22)18-15(19(11)3)26(23,24)25/h4-6,8H,1,7,9H2,2-3H3,(H,17,22)(H,23,24,25). The smallest absolute Gasteiger partial charge is 0.310 e. The normalized spacial score (nSPS) is 20.3. The number of nitrogens with zero attached hydrogens (tertiary/aromatic N) is 3. The van der Waals surface area contributed by atoms with E-state index in [1.54, 1.807) is 18.2 Å². The fourth-order valence-corrected chi connectivity index (χ4v) is 4.07. The van der Waals surface area contributed by atoms with Crippen molar-refractivity contribution in [2.75, 3.05) is 0 Å². The molecule has 2 N–H and O–H groups in total. The van der Waals surface area contributed by atoms with Crippen LogP contribution in [0.1, 0.15) is 19.8 Å². The number of allylic oxidation sites excluding steroid dienone is 5. The first-order chi connectivity index (χ1) is 12.1. The molecule has 1 aliphatic rings. The third kappa shape index (κ3) is 2.67. The molecule has 0 aromatic carbocycles. The minimum atomic E-state index is -4.65. The van der Waals surface area contributed by atoms with Gasteiger partial charge in [0.25, 0.3) is 10.7 Å². The summed E-state index contributed by atoms with van der Waals surface area (Å²) in [6.45, 7) is 5.60. The van der Waals surface area contributed by atoms with Crippen LogP contribution in [0.5, 0.6) is 0 Å². The Morgan fingerprint density at radius 2 is 2.15 bits per heavy atom. The van der Waals surface area contributed by atoms with Crippen LogP contribution in [0.4, 0.5) is 0 Å². The number of hydrogen-bond acceptors (Lipinski definition) is 5. The van der Waals surface area contributed by atoms with Crippen molar-refractivity contribution in [2.45, 2.75) is 30.5 Å². The predicted molar refractivity (Wildman–Crippen MR) is 95.7 cm³/mol. The van der Waals surface area contributed by atoms with Gasteiger partial charge in [0.1, 0.15) is 0 Å². The maximum absolute atomic E-state index is 13.1. The molecule has 2 aromatic heterocycles. The Hall–Kier alpha value is -2.72. The van der Waals surface area contributed by atoms with Gasteiger partial charge in [0, 0.05) is 7.05 Å². The van der Waals surface area contributed by atoms with Crippen LogP contribution < -0.4 is 11.2 Å². The zero-order valence-corrected chi connectivity index (χ0v) is 15.1. The minimum Gasteiger partial charge on any atom is -0.310 e. The Balaban J connectivity index is 2.41. The second kappa shape index (κ2) is 5.92. The van der Waals surface area contributed by atoms with Gasteiger partial charge in [0.2, 0.25) is 0 Å². The first-order valence-corrected chi connectivity index (χ1v) is 9.20. The highest BCUT2D eigenvalue weighted by molar-refractivity contribution is 7.85. The first-order valence-electron chi connectivity index (χ1n) is 7.76. The van der Waals surface area contributed by atoms with Crippen LogP contribution in [0.3, 0.4) is 0 Å². The van der Waals surface area contributed by atoms with Crippen molar-refractivity contribution in [3.63, 3.8) is 0 Å². The summed E-state index contributed by atoms with van der Waals surface area (Å²) in [7, 11) is -3.37. The summed E-state index contributed by atoms with van der Waals surface area (Å²) in [4.78, 5) is 31.9. The van der Waals surface area contributed by atoms with Gasteiger partial charge in [-0.2, -0.15) is 13.4 Å². The number of hydrogen-bond donors (Lipinski definition) is 2. The number of rotatable bonds is 4. The molecule has 0 bridgehead atoms. The molecule has 0 aliphatic heterocycles. The number of aryl methyl sites for hydroxylation is 1. The van der Waals surface area contributed by atoms with E-state index in [9.17, 15) is 22.6 Å². The molecule has 26 heavy (non-hydrogen) atoms. The van der Waals surface area contributed by atoms with E-state index in [-0.39, 0.29) is 11.2 Å². The Morgan fingerprint density at radius 1 is 1.46 bits per heavy atom. The lowest BCUT2D eigenvalue weighted by molar-refractivity contribution is 0.342. The summed E-state index contributed by atoms with van der Waals surface area (Å²) in [5.74, 6) is 0. The van der Waals surface area contributed by atoms with E-state index < -0.39 is 32.1 Å². The number of imidazole rings is 1. The van der Waals surface area contributed by atoms with Gasteiger partial charge in [0.15, 0.2) is 11.2 Å². The fraction of sp³-hybridized carbons (Fsp3) is 0.312. The Morgan fingerprint density at radius 3 is 2.73 bits per heavy atom. The molecule has 0 saturated heterocycles. The van der Waals surface area contributed by atoms with Crippen LogP contribution in [0.25, 0.3) is 11.2 Å². The van der Waals surface area contributed by atoms with Crippen LogP contribution in [-0.2, 0) is 22.7 Å². The van der Waals surface area contributed by atoms with Gasteiger partial charge in [-0.3, -0.25) is 14.3 Å². The molecular formula is C16H18N4O5S. The van der Waals surface area contributed by atoms with Gasteiger partial charge in [-0.25, -0.2) is 9.36 Å². The molecule has 1 aliphatic carbocycles. The minimum absolute atomic E-state index is 0.124. The zero-order chi connectivity index (χ0) is 19.3. The van der Waals surface area contributed by atoms with E-state index in [4.69, 9.17) is 0 Å². The summed E-state index contributed by atoms with van der Waals surface area (Å²) in [6, 6.07) is 0. The summed E-state index contributed by atoms with van der Waals surface area (Å²) in [5, 5.41) is -0.717. The predicted octanol–water partition coefficient (Wildman–Crippen LogP) is 0.848. The Labute approximate surface area is 148 Å². The third-order valence-corrected chi connectivity index (χ3v) is 5.26. The van der Waals surface area contributed by atoms with Crippen molar-refractivity contribution in [3.8, 4) is 0 Å². The van der Waals surface area contributed by atoms with Crippen molar-refractivity contribution >= 4 is 21.3 Å². The number of aromatic amines is 1. The van der Waals surface area contributed by atoms with E-state index in [0.717, 1.165) is 14.7 Å². The molecule has 0 saturated carbocycles. The molecule has 0 amide bonds. The van der Waals surface area contributed by atoms with Crippen LogP contribution in [0.15, 0.2) is 51.2 Å². The molecule has 0 radical (unpaired) electrons.